The Kier molecular flexibility index (Phi) is 4.81. The number of hydrogen-bond acceptors (Lipinski definition) is 4. The highest BCUT2D eigenvalue weighted by atomic mass is 16.5. The van der Waals surface area contributed by atoms with Crippen molar-refractivity contribution in [3.05, 3.63) is 59.7 Å². The van der Waals surface area contributed by atoms with E-state index in [-0.39, 0.29) is 17.5 Å². The second kappa shape index (κ2) is 7.28. The van der Waals surface area contributed by atoms with Gasteiger partial charge in [-0.1, -0.05) is 24.3 Å². The van der Waals surface area contributed by atoms with Gasteiger partial charge in [0.25, 0.3) is 0 Å². The molecule has 2 amide bonds. The van der Waals surface area contributed by atoms with Crippen molar-refractivity contribution in [2.24, 2.45) is 5.73 Å². The molecule has 1 saturated heterocycles. The largest absolute Gasteiger partial charge is 0.469 e. The zero-order valence-corrected chi connectivity index (χ0v) is 16.1. The van der Waals surface area contributed by atoms with Gasteiger partial charge in [-0.3, -0.25) is 14.6 Å². The third-order valence-corrected chi connectivity index (χ3v) is 5.65. The van der Waals surface area contributed by atoms with Gasteiger partial charge >= 0.3 is 12.0 Å². The summed E-state index contributed by atoms with van der Waals surface area (Å²) in [5, 5.41) is 0. The molecule has 6 heteroatoms. The van der Waals surface area contributed by atoms with E-state index in [0.29, 0.717) is 25.9 Å². The molecule has 0 radical (unpaired) electrons. The number of hydrogen-bond donors (Lipinski definition) is 1. The molecule has 1 aliphatic carbocycles. The van der Waals surface area contributed by atoms with Crippen molar-refractivity contribution < 1.29 is 14.3 Å². The zero-order valence-electron chi connectivity index (χ0n) is 16.1. The van der Waals surface area contributed by atoms with Crippen molar-refractivity contribution in [2.75, 3.05) is 30.0 Å². The van der Waals surface area contributed by atoms with Crippen molar-refractivity contribution >= 4 is 23.4 Å². The van der Waals surface area contributed by atoms with Gasteiger partial charge in [0.2, 0.25) is 0 Å². The maximum atomic E-state index is 12.9. The van der Waals surface area contributed by atoms with Crippen LogP contribution in [0.15, 0.2) is 48.5 Å². The Morgan fingerprint density at radius 2 is 1.54 bits per heavy atom. The highest BCUT2D eigenvalue weighted by Gasteiger charge is 2.40. The van der Waals surface area contributed by atoms with Crippen LogP contribution in [0.25, 0.3) is 0 Å². The summed E-state index contributed by atoms with van der Waals surface area (Å²) in [4.78, 5) is 27.7. The molecule has 6 nitrogen and oxygen atoms in total. The summed E-state index contributed by atoms with van der Waals surface area (Å²) in [6.07, 6.45) is 3.03. The van der Waals surface area contributed by atoms with E-state index in [1.54, 1.807) is 9.80 Å². The van der Waals surface area contributed by atoms with E-state index in [1.165, 1.54) is 7.11 Å². The second-order valence-electron chi connectivity index (χ2n) is 7.53. The van der Waals surface area contributed by atoms with E-state index >= 15 is 0 Å². The van der Waals surface area contributed by atoms with Gasteiger partial charge in [0.15, 0.2) is 0 Å². The number of carbonyl (C=O) groups excluding carboxylic acids is 2. The maximum Gasteiger partial charge on any atom is 0.329 e. The van der Waals surface area contributed by atoms with Crippen molar-refractivity contribution in [3.8, 4) is 0 Å². The molecule has 146 valence electrons. The fourth-order valence-electron chi connectivity index (χ4n) is 3.60. The van der Waals surface area contributed by atoms with Crippen LogP contribution in [0.3, 0.4) is 0 Å². The number of benzene rings is 2. The summed E-state index contributed by atoms with van der Waals surface area (Å²) >= 11 is 0. The highest BCUT2D eigenvalue weighted by molar-refractivity contribution is 6.06. The lowest BCUT2D eigenvalue weighted by atomic mass is 10.1. The standard InChI is InChI=1S/C22H25N3O3/c1-28-20(26)11-4-16-2-7-18(8-3-16)24-14-15-25(21(24)27)19-9-5-17(6-10-19)22(23)12-13-22/h2-3,5-10H,4,11-15,23H2,1H3. The minimum absolute atomic E-state index is 0.0241. The number of rotatable bonds is 6. The van der Waals surface area contributed by atoms with Gasteiger partial charge in [0, 0.05) is 36.4 Å². The van der Waals surface area contributed by atoms with Gasteiger partial charge in [-0.2, -0.15) is 0 Å². The van der Waals surface area contributed by atoms with Crippen molar-refractivity contribution in [3.63, 3.8) is 0 Å². The topological polar surface area (TPSA) is 75.9 Å². The molecule has 0 aromatic heterocycles. The maximum absolute atomic E-state index is 12.9. The minimum Gasteiger partial charge on any atom is -0.469 e. The fraction of sp³-hybridized carbons (Fsp3) is 0.364. The fourth-order valence-corrected chi connectivity index (χ4v) is 3.60. The Morgan fingerprint density at radius 3 is 2.04 bits per heavy atom. The van der Waals surface area contributed by atoms with Crippen LogP contribution in [0.4, 0.5) is 16.2 Å². The lowest BCUT2D eigenvalue weighted by Crippen LogP contribution is -2.31. The molecule has 2 aliphatic rings. The highest BCUT2D eigenvalue weighted by Crippen LogP contribution is 2.43. The van der Waals surface area contributed by atoms with Gasteiger partial charge in [0.05, 0.1) is 7.11 Å². The summed E-state index contributed by atoms with van der Waals surface area (Å²) < 4.78 is 4.67. The monoisotopic (exact) mass is 379 g/mol. The number of methoxy groups -OCH3 is 1. The molecule has 0 atom stereocenters. The van der Waals surface area contributed by atoms with Crippen LogP contribution in [0.1, 0.15) is 30.4 Å². The summed E-state index contributed by atoms with van der Waals surface area (Å²) in [5.41, 5.74) is 10.0. The van der Waals surface area contributed by atoms with Crippen LogP contribution >= 0.6 is 0 Å². The molecule has 1 saturated carbocycles. The Balaban J connectivity index is 1.42. The van der Waals surface area contributed by atoms with Gasteiger partial charge < -0.3 is 10.5 Å². The van der Waals surface area contributed by atoms with Crippen LogP contribution in [0, 0.1) is 0 Å². The molecule has 0 bridgehead atoms. The number of ether oxygens (including phenoxy) is 1. The molecule has 2 aromatic carbocycles. The van der Waals surface area contributed by atoms with E-state index in [4.69, 9.17) is 5.73 Å². The van der Waals surface area contributed by atoms with E-state index < -0.39 is 0 Å². The first-order valence-electron chi connectivity index (χ1n) is 9.64. The first-order valence-corrected chi connectivity index (χ1v) is 9.64. The number of anilines is 2. The van der Waals surface area contributed by atoms with Crippen LogP contribution in [0.5, 0.6) is 0 Å². The SMILES string of the molecule is COC(=O)CCc1ccc(N2CCN(c3ccc(C4(N)CC4)cc3)C2=O)cc1. The third-order valence-electron chi connectivity index (χ3n) is 5.65. The summed E-state index contributed by atoms with van der Waals surface area (Å²) in [6.45, 7) is 1.29. The minimum atomic E-state index is -0.220. The average Bonchev–Trinajstić information content (AvgIpc) is 3.37. The van der Waals surface area contributed by atoms with Crippen LogP contribution in [0.2, 0.25) is 0 Å². The molecule has 1 heterocycles. The number of amides is 2. The van der Waals surface area contributed by atoms with Crippen molar-refractivity contribution in [2.45, 2.75) is 31.2 Å². The first kappa shape index (κ1) is 18.5. The molecule has 2 N–H and O–H groups in total. The van der Waals surface area contributed by atoms with Crippen LogP contribution in [-0.2, 0) is 21.5 Å². The Hall–Kier alpha value is -2.86. The molecule has 28 heavy (non-hydrogen) atoms. The molecule has 0 unspecified atom stereocenters. The van der Waals surface area contributed by atoms with Crippen LogP contribution < -0.4 is 15.5 Å². The summed E-state index contributed by atoms with van der Waals surface area (Å²) in [7, 11) is 1.39. The zero-order chi connectivity index (χ0) is 19.7. The normalized spacial score (nSPS) is 17.7. The molecule has 1 aliphatic heterocycles. The molecule has 2 aromatic rings. The van der Waals surface area contributed by atoms with Crippen LogP contribution in [-0.4, -0.2) is 32.2 Å². The van der Waals surface area contributed by atoms with Crippen molar-refractivity contribution in [1.82, 2.24) is 0 Å². The Labute approximate surface area is 164 Å². The molecular weight excluding hydrogens is 354 g/mol. The molecular formula is C22H25N3O3. The molecule has 0 spiro atoms. The number of carbonyl (C=O) groups is 2. The van der Waals surface area contributed by atoms with E-state index in [2.05, 4.69) is 4.74 Å². The Morgan fingerprint density at radius 1 is 1.00 bits per heavy atom. The Bertz CT molecular complexity index is 873. The van der Waals surface area contributed by atoms with E-state index in [1.807, 2.05) is 48.5 Å². The lowest BCUT2D eigenvalue weighted by molar-refractivity contribution is -0.140. The number of aryl methyl sites for hydroxylation is 1. The van der Waals surface area contributed by atoms with Gasteiger partial charge in [-0.15, -0.1) is 0 Å². The van der Waals surface area contributed by atoms with E-state index in [0.717, 1.165) is 35.3 Å². The molecule has 2 fully saturated rings. The van der Waals surface area contributed by atoms with Gasteiger partial charge in [0.1, 0.15) is 0 Å². The quantitative estimate of drug-likeness (QED) is 0.782. The summed E-state index contributed by atoms with van der Waals surface area (Å²) in [5.74, 6) is -0.220. The number of nitrogens with two attached hydrogens (primary N) is 1. The average molecular weight is 379 g/mol. The molecule has 4 rings (SSSR count). The first-order chi connectivity index (χ1) is 13.5. The van der Waals surface area contributed by atoms with Crippen molar-refractivity contribution in [1.29, 1.82) is 0 Å². The number of esters is 1. The predicted octanol–water partition coefficient (Wildman–Crippen LogP) is 3.19. The van der Waals surface area contributed by atoms with E-state index in [9.17, 15) is 9.59 Å². The summed E-state index contributed by atoms with van der Waals surface area (Å²) in [6, 6.07) is 15.8. The van der Waals surface area contributed by atoms with Gasteiger partial charge in [-0.25, -0.2) is 4.79 Å². The predicted molar refractivity (Wildman–Crippen MR) is 108 cm³/mol. The second-order valence-corrected chi connectivity index (χ2v) is 7.53. The number of nitrogens with zero attached hydrogens (tertiary/aromatic N) is 2. The lowest BCUT2D eigenvalue weighted by Gasteiger charge is -2.20. The van der Waals surface area contributed by atoms with Gasteiger partial charge in [-0.05, 0) is 54.7 Å². The number of urea groups is 1. The smallest absolute Gasteiger partial charge is 0.329 e. The third kappa shape index (κ3) is 3.60.